The maximum absolute atomic E-state index is 11.9. The average molecular weight is 494 g/mol. The van der Waals surface area contributed by atoms with E-state index in [1.807, 2.05) is 18.7 Å². The van der Waals surface area contributed by atoms with Crippen LogP contribution in [-0.2, 0) is 14.3 Å². The van der Waals surface area contributed by atoms with E-state index in [1.54, 1.807) is 22.9 Å². The van der Waals surface area contributed by atoms with Gasteiger partial charge in [0.15, 0.2) is 6.19 Å². The number of hydrogen-bond donors (Lipinski definition) is 2. The second kappa shape index (κ2) is 17.4. The number of ether oxygens (including phenoxy) is 1. The molecular formula is C24H43N7O4. The van der Waals surface area contributed by atoms with Gasteiger partial charge in [-0.2, -0.15) is 5.26 Å². The molecule has 3 saturated heterocycles. The maximum Gasteiger partial charge on any atom is 0.409 e. The molecular weight excluding hydrogens is 450 g/mol. The van der Waals surface area contributed by atoms with Crippen LogP contribution in [0.4, 0.5) is 4.79 Å². The van der Waals surface area contributed by atoms with Crippen molar-refractivity contribution >= 4 is 23.9 Å². The number of likely N-dealkylation sites (tertiary alicyclic amines) is 3. The summed E-state index contributed by atoms with van der Waals surface area (Å²) < 4.78 is 4.91. The predicted octanol–water partition coefficient (Wildman–Crippen LogP) is 2.03. The van der Waals surface area contributed by atoms with Crippen LogP contribution in [0.3, 0.4) is 0 Å². The maximum atomic E-state index is 11.9. The van der Waals surface area contributed by atoms with Gasteiger partial charge in [0.1, 0.15) is 0 Å². The Morgan fingerprint density at radius 2 is 1.69 bits per heavy atom. The van der Waals surface area contributed by atoms with Crippen LogP contribution in [0.2, 0.25) is 0 Å². The normalized spacial score (nSPS) is 18.9. The highest BCUT2D eigenvalue weighted by atomic mass is 16.6. The summed E-state index contributed by atoms with van der Waals surface area (Å²) in [6, 6.07) is 0.0570. The second-order valence-electron chi connectivity index (χ2n) is 8.38. The summed E-state index contributed by atoms with van der Waals surface area (Å²) in [5.74, 6) is 0.417. The van der Waals surface area contributed by atoms with Gasteiger partial charge in [0.2, 0.25) is 17.8 Å². The molecule has 0 saturated carbocycles. The fraction of sp³-hybridized carbons (Fsp3) is 0.792. The van der Waals surface area contributed by atoms with Gasteiger partial charge in [-0.25, -0.2) is 9.79 Å². The zero-order chi connectivity index (χ0) is 26.1. The van der Waals surface area contributed by atoms with Crippen molar-refractivity contribution in [1.82, 2.24) is 20.0 Å². The quantitative estimate of drug-likeness (QED) is 0.264. The zero-order valence-electron chi connectivity index (χ0n) is 21.6. The number of amides is 3. The number of carbonyl (C=O) groups is 3. The standard InChI is InChI=1S/C12H20N2O2.C10H17N5O2.C2H6/c15-11-6-2-1-3-9-14(11)10-12(16)13-7-4-5-8-13;1-2-17-10(16)15-5-3-8(4-6-15)14-9(12)13-7-11;1-2/h1-10H2;8H,2-6H2,1H3,(H3,12,13,14);1-2H3. The minimum absolute atomic E-state index is 0.0570. The van der Waals surface area contributed by atoms with Crippen LogP contribution >= 0.6 is 0 Å². The van der Waals surface area contributed by atoms with Crippen molar-refractivity contribution < 1.29 is 19.1 Å². The lowest BCUT2D eigenvalue weighted by Gasteiger charge is -2.29. The molecule has 3 aliphatic heterocycles. The van der Waals surface area contributed by atoms with Crippen molar-refractivity contribution in [3.8, 4) is 6.19 Å². The zero-order valence-corrected chi connectivity index (χ0v) is 21.6. The lowest BCUT2D eigenvalue weighted by Crippen LogP contribution is -2.41. The lowest BCUT2D eigenvalue weighted by atomic mass is 10.1. The summed E-state index contributed by atoms with van der Waals surface area (Å²) in [6.07, 6.45) is 8.86. The molecule has 0 aromatic rings. The highest BCUT2D eigenvalue weighted by molar-refractivity contribution is 5.85. The Kier molecular flexibility index (Phi) is 14.9. The molecule has 11 heteroatoms. The summed E-state index contributed by atoms with van der Waals surface area (Å²) >= 11 is 0. The molecule has 3 rings (SSSR count). The number of nitrogens with one attached hydrogen (secondary N) is 1. The van der Waals surface area contributed by atoms with Crippen molar-refractivity contribution in [2.75, 3.05) is 45.9 Å². The van der Waals surface area contributed by atoms with Gasteiger partial charge in [0.25, 0.3) is 0 Å². The van der Waals surface area contributed by atoms with Crippen LogP contribution in [-0.4, -0.2) is 90.5 Å². The molecule has 0 aromatic carbocycles. The first kappa shape index (κ1) is 30.0. The Hall–Kier alpha value is -3.03. The van der Waals surface area contributed by atoms with Crippen LogP contribution in [0, 0.1) is 11.5 Å². The average Bonchev–Trinajstić information content (AvgIpc) is 3.33. The molecule has 3 amide bonds. The molecule has 198 valence electrons. The van der Waals surface area contributed by atoms with Crippen molar-refractivity contribution in [3.05, 3.63) is 0 Å². The number of rotatable bonds is 4. The van der Waals surface area contributed by atoms with E-state index in [0.29, 0.717) is 32.7 Å². The molecule has 0 unspecified atom stereocenters. The van der Waals surface area contributed by atoms with Gasteiger partial charge in [-0.1, -0.05) is 20.3 Å². The topological polar surface area (TPSA) is 144 Å². The van der Waals surface area contributed by atoms with E-state index in [2.05, 4.69) is 10.3 Å². The van der Waals surface area contributed by atoms with Crippen LogP contribution < -0.4 is 11.1 Å². The Morgan fingerprint density at radius 1 is 1.06 bits per heavy atom. The first-order valence-electron chi connectivity index (χ1n) is 12.9. The number of hydrogen-bond acceptors (Lipinski definition) is 6. The Bertz CT molecular complexity index is 724. The number of nitrogens with two attached hydrogens (primary N) is 1. The molecule has 11 nitrogen and oxygen atoms in total. The third-order valence-corrected chi connectivity index (χ3v) is 5.95. The van der Waals surface area contributed by atoms with Gasteiger partial charge in [0.05, 0.1) is 19.2 Å². The molecule has 0 aliphatic carbocycles. The molecule has 3 fully saturated rings. The number of nitriles is 1. The van der Waals surface area contributed by atoms with Gasteiger partial charge in [-0.3, -0.25) is 14.9 Å². The van der Waals surface area contributed by atoms with Gasteiger partial charge in [0, 0.05) is 39.1 Å². The monoisotopic (exact) mass is 493 g/mol. The van der Waals surface area contributed by atoms with Crippen LogP contribution in [0.1, 0.15) is 72.1 Å². The van der Waals surface area contributed by atoms with Crippen molar-refractivity contribution in [1.29, 1.82) is 5.26 Å². The number of carbonyl (C=O) groups excluding carboxylic acids is 3. The SMILES string of the molecule is CC.CCOC(=O)N1CCC(N=C(N)NC#N)CC1.O=C(CN1CCCCCC1=O)N1CCCC1. The Labute approximate surface area is 209 Å². The Balaban J connectivity index is 0.000000327. The molecule has 3 aliphatic rings. The Morgan fingerprint density at radius 3 is 2.29 bits per heavy atom. The van der Waals surface area contributed by atoms with Crippen molar-refractivity contribution in [2.45, 2.75) is 78.2 Å². The number of piperidine rings is 1. The predicted molar refractivity (Wildman–Crippen MR) is 134 cm³/mol. The van der Waals surface area contributed by atoms with E-state index in [1.165, 1.54) is 0 Å². The number of aliphatic imine (C=N–C) groups is 1. The van der Waals surface area contributed by atoms with Gasteiger partial charge in [-0.15, -0.1) is 0 Å². The molecule has 3 heterocycles. The van der Waals surface area contributed by atoms with E-state index in [0.717, 1.165) is 64.6 Å². The summed E-state index contributed by atoms with van der Waals surface area (Å²) in [4.78, 5) is 44.5. The summed E-state index contributed by atoms with van der Waals surface area (Å²) in [5, 5.41) is 10.6. The molecule has 35 heavy (non-hydrogen) atoms. The first-order chi connectivity index (χ1) is 16.9. The van der Waals surface area contributed by atoms with Gasteiger partial charge < -0.3 is 25.2 Å². The van der Waals surface area contributed by atoms with E-state index in [-0.39, 0.29) is 29.9 Å². The van der Waals surface area contributed by atoms with Crippen LogP contribution in [0.5, 0.6) is 0 Å². The van der Waals surface area contributed by atoms with Gasteiger partial charge in [-0.05, 0) is 45.4 Å². The molecule has 0 atom stereocenters. The van der Waals surface area contributed by atoms with Gasteiger partial charge >= 0.3 is 6.09 Å². The van der Waals surface area contributed by atoms with Crippen molar-refractivity contribution in [2.24, 2.45) is 10.7 Å². The number of guanidine groups is 1. The molecule has 0 spiro atoms. The molecule has 0 radical (unpaired) electrons. The lowest BCUT2D eigenvalue weighted by molar-refractivity contribution is -0.139. The fourth-order valence-electron chi connectivity index (χ4n) is 4.11. The van der Waals surface area contributed by atoms with Crippen molar-refractivity contribution in [3.63, 3.8) is 0 Å². The van der Waals surface area contributed by atoms with E-state index >= 15 is 0 Å². The summed E-state index contributed by atoms with van der Waals surface area (Å²) in [6.45, 7) is 10.2. The molecule has 0 aromatic heterocycles. The third-order valence-electron chi connectivity index (χ3n) is 5.95. The highest BCUT2D eigenvalue weighted by Crippen LogP contribution is 2.15. The smallest absolute Gasteiger partial charge is 0.409 e. The minimum Gasteiger partial charge on any atom is -0.450 e. The third kappa shape index (κ3) is 11.3. The second-order valence-corrected chi connectivity index (χ2v) is 8.38. The van der Waals surface area contributed by atoms with Crippen LogP contribution in [0.25, 0.3) is 0 Å². The van der Waals surface area contributed by atoms with Crippen LogP contribution in [0.15, 0.2) is 4.99 Å². The highest BCUT2D eigenvalue weighted by Gasteiger charge is 2.24. The summed E-state index contributed by atoms with van der Waals surface area (Å²) in [7, 11) is 0. The minimum atomic E-state index is -0.280. The largest absolute Gasteiger partial charge is 0.450 e. The molecule has 0 bridgehead atoms. The fourth-order valence-corrected chi connectivity index (χ4v) is 4.11. The first-order valence-corrected chi connectivity index (χ1v) is 12.9. The molecule has 3 N–H and O–H groups in total. The summed E-state index contributed by atoms with van der Waals surface area (Å²) in [5.41, 5.74) is 5.47. The van der Waals surface area contributed by atoms with E-state index in [4.69, 9.17) is 15.7 Å². The van der Waals surface area contributed by atoms with E-state index in [9.17, 15) is 14.4 Å². The van der Waals surface area contributed by atoms with E-state index < -0.39 is 0 Å². The number of nitrogens with zero attached hydrogens (tertiary/aromatic N) is 5.